The molecule has 4 N–H and O–H groups in total. The van der Waals surface area contributed by atoms with Crippen molar-refractivity contribution in [2.24, 2.45) is 11.8 Å². The number of amides is 3. The third kappa shape index (κ3) is 5.41. The monoisotopic (exact) mass is 585 g/mol. The summed E-state index contributed by atoms with van der Waals surface area (Å²) in [6.45, 7) is 3.94. The first-order valence-corrected chi connectivity index (χ1v) is 16.0. The summed E-state index contributed by atoms with van der Waals surface area (Å²) in [6.07, 6.45) is 3.98. The molecule has 4 heterocycles. The molecule has 1 saturated carbocycles. The molecule has 0 aromatic heterocycles. The normalized spacial score (nSPS) is 30.1. The smallest absolute Gasteiger partial charge is 0.250 e. The van der Waals surface area contributed by atoms with E-state index in [1.807, 2.05) is 53.4 Å². The van der Waals surface area contributed by atoms with E-state index in [-0.39, 0.29) is 42.1 Å². The van der Waals surface area contributed by atoms with Crippen molar-refractivity contribution < 1.29 is 14.4 Å². The Hall–Kier alpha value is -3.47. The summed E-state index contributed by atoms with van der Waals surface area (Å²) < 4.78 is 0. The number of likely N-dealkylation sites (tertiary alicyclic amines) is 1. The van der Waals surface area contributed by atoms with Crippen LogP contribution in [0.4, 0.5) is 5.69 Å². The lowest BCUT2D eigenvalue weighted by Gasteiger charge is -2.44. The molecule has 1 aliphatic carbocycles. The molecule has 43 heavy (non-hydrogen) atoms. The van der Waals surface area contributed by atoms with Crippen molar-refractivity contribution in [2.45, 2.75) is 55.6 Å². The molecule has 5 atom stereocenters. The highest BCUT2D eigenvalue weighted by Crippen LogP contribution is 2.40. The molecular weight excluding hydrogens is 542 g/mol. The van der Waals surface area contributed by atoms with E-state index in [0.717, 1.165) is 38.0 Å². The highest BCUT2D eigenvalue weighted by atomic mass is 16.2. The van der Waals surface area contributed by atoms with E-state index in [0.29, 0.717) is 51.1 Å². The molecule has 2 aromatic carbocycles. The van der Waals surface area contributed by atoms with Crippen molar-refractivity contribution in [3.8, 4) is 0 Å². The minimum Gasteiger partial charge on any atom is -0.350 e. The molecule has 7 rings (SSSR count). The van der Waals surface area contributed by atoms with E-state index in [1.165, 1.54) is 5.56 Å². The van der Waals surface area contributed by atoms with Crippen LogP contribution in [0.15, 0.2) is 60.7 Å². The molecule has 3 amide bonds. The van der Waals surface area contributed by atoms with Crippen LogP contribution in [-0.4, -0.2) is 91.1 Å². The number of carbonyl (C=O) groups is 3. The molecule has 5 fully saturated rings. The van der Waals surface area contributed by atoms with Gasteiger partial charge in [0.25, 0.3) is 5.91 Å². The van der Waals surface area contributed by atoms with Gasteiger partial charge in [-0.25, -0.2) is 0 Å². The number of hydrogen-bond acceptors (Lipinski definition) is 7. The molecule has 10 heteroatoms. The highest BCUT2D eigenvalue weighted by molar-refractivity contribution is 5.96. The molecular formula is C33H43N7O3. The number of benzene rings is 2. The summed E-state index contributed by atoms with van der Waals surface area (Å²) in [6, 6.07) is 20.7. The van der Waals surface area contributed by atoms with Gasteiger partial charge in [-0.15, -0.1) is 0 Å². The van der Waals surface area contributed by atoms with Crippen molar-refractivity contribution >= 4 is 23.4 Å². The van der Waals surface area contributed by atoms with Gasteiger partial charge in [0.15, 0.2) is 0 Å². The molecule has 5 aliphatic rings. The predicted molar refractivity (Wildman–Crippen MR) is 164 cm³/mol. The third-order valence-corrected chi connectivity index (χ3v) is 10.6. The van der Waals surface area contributed by atoms with E-state index < -0.39 is 5.54 Å². The van der Waals surface area contributed by atoms with E-state index in [1.54, 1.807) is 4.90 Å². The standard InChI is InChI=1S/C33H43N7O3/c41-30(36-29-20-34-19-27(29)23-7-3-1-4-8-23)21-39-22-40(26-9-5-2-6-10-26)33(32(39)43)13-15-38(16-14-33)31(42)24-11-12-28-25(17-24)18-35-37-28/h1-10,24-25,27-29,34-35,37H,11-22H2,(H,36,41)/t24?,25?,27-,28?,29+/m1/s1. The number of hydrogen-bond donors (Lipinski definition) is 4. The summed E-state index contributed by atoms with van der Waals surface area (Å²) >= 11 is 0. The fourth-order valence-electron chi connectivity index (χ4n) is 8.21. The Morgan fingerprint density at radius 2 is 1.67 bits per heavy atom. The Balaban J connectivity index is 1.03. The Morgan fingerprint density at radius 3 is 2.44 bits per heavy atom. The largest absolute Gasteiger partial charge is 0.350 e. The number of nitrogens with one attached hydrogen (secondary N) is 4. The zero-order valence-corrected chi connectivity index (χ0v) is 24.7. The van der Waals surface area contributed by atoms with Crippen LogP contribution in [0, 0.1) is 11.8 Å². The van der Waals surface area contributed by atoms with Gasteiger partial charge in [0.1, 0.15) is 12.1 Å². The van der Waals surface area contributed by atoms with Crippen LogP contribution in [-0.2, 0) is 14.4 Å². The highest BCUT2D eigenvalue weighted by Gasteiger charge is 2.55. The fraction of sp³-hybridized carbons (Fsp3) is 0.545. The van der Waals surface area contributed by atoms with Crippen LogP contribution < -0.4 is 26.4 Å². The summed E-state index contributed by atoms with van der Waals surface area (Å²) in [7, 11) is 0. The van der Waals surface area contributed by atoms with Gasteiger partial charge in [0, 0.05) is 62.3 Å². The molecule has 3 unspecified atom stereocenters. The first-order valence-electron chi connectivity index (χ1n) is 16.0. The lowest BCUT2D eigenvalue weighted by molar-refractivity contribution is -0.142. The van der Waals surface area contributed by atoms with Crippen LogP contribution >= 0.6 is 0 Å². The fourth-order valence-corrected chi connectivity index (χ4v) is 8.21. The van der Waals surface area contributed by atoms with Crippen LogP contribution in [0.5, 0.6) is 0 Å². The molecule has 4 aliphatic heterocycles. The topological polar surface area (TPSA) is 109 Å². The Morgan fingerprint density at radius 1 is 0.930 bits per heavy atom. The predicted octanol–water partition coefficient (Wildman–Crippen LogP) is 1.42. The first kappa shape index (κ1) is 28.3. The number of anilines is 1. The Bertz CT molecular complexity index is 1320. The van der Waals surface area contributed by atoms with Gasteiger partial charge in [-0.2, -0.15) is 0 Å². The first-order chi connectivity index (χ1) is 21.0. The van der Waals surface area contributed by atoms with Gasteiger partial charge >= 0.3 is 0 Å². The Kier molecular flexibility index (Phi) is 7.83. The van der Waals surface area contributed by atoms with Crippen LogP contribution in [0.2, 0.25) is 0 Å². The van der Waals surface area contributed by atoms with Crippen molar-refractivity contribution in [2.75, 3.05) is 50.8 Å². The van der Waals surface area contributed by atoms with E-state index >= 15 is 0 Å². The molecule has 0 bridgehead atoms. The van der Waals surface area contributed by atoms with Crippen molar-refractivity contribution in [3.05, 3.63) is 66.2 Å². The minimum absolute atomic E-state index is 0.00799. The maximum atomic E-state index is 14.2. The van der Waals surface area contributed by atoms with Gasteiger partial charge in [0.05, 0.1) is 6.67 Å². The number of para-hydroxylation sites is 1. The molecule has 10 nitrogen and oxygen atoms in total. The van der Waals surface area contributed by atoms with Gasteiger partial charge in [-0.1, -0.05) is 48.5 Å². The van der Waals surface area contributed by atoms with Crippen LogP contribution in [0.1, 0.15) is 43.6 Å². The number of nitrogens with zero attached hydrogens (tertiary/aromatic N) is 3. The average molecular weight is 586 g/mol. The maximum Gasteiger partial charge on any atom is 0.250 e. The van der Waals surface area contributed by atoms with E-state index in [2.05, 4.69) is 38.5 Å². The molecule has 4 saturated heterocycles. The molecule has 1 spiro atoms. The van der Waals surface area contributed by atoms with Gasteiger partial charge < -0.3 is 25.3 Å². The zero-order chi connectivity index (χ0) is 29.4. The lowest BCUT2D eigenvalue weighted by Crippen LogP contribution is -2.58. The summed E-state index contributed by atoms with van der Waals surface area (Å²) in [5.41, 5.74) is 8.03. The zero-order valence-electron chi connectivity index (χ0n) is 24.7. The summed E-state index contributed by atoms with van der Waals surface area (Å²) in [4.78, 5) is 47.1. The van der Waals surface area contributed by atoms with Gasteiger partial charge in [0.2, 0.25) is 11.8 Å². The quantitative estimate of drug-likeness (QED) is 0.406. The Labute approximate surface area is 253 Å². The average Bonchev–Trinajstić information content (AvgIpc) is 3.77. The second-order valence-electron chi connectivity index (χ2n) is 13.0. The molecule has 228 valence electrons. The van der Waals surface area contributed by atoms with Crippen LogP contribution in [0.3, 0.4) is 0 Å². The van der Waals surface area contributed by atoms with Gasteiger partial charge in [-0.05, 0) is 55.7 Å². The number of fused-ring (bicyclic) bond motifs is 1. The second kappa shape index (κ2) is 11.9. The third-order valence-electron chi connectivity index (χ3n) is 10.6. The van der Waals surface area contributed by atoms with E-state index in [9.17, 15) is 14.4 Å². The molecule has 2 aromatic rings. The lowest BCUT2D eigenvalue weighted by atomic mass is 9.77. The number of hydrazine groups is 1. The number of piperidine rings is 1. The van der Waals surface area contributed by atoms with Crippen LogP contribution in [0.25, 0.3) is 0 Å². The van der Waals surface area contributed by atoms with Crippen molar-refractivity contribution in [1.29, 1.82) is 0 Å². The summed E-state index contributed by atoms with van der Waals surface area (Å²) in [5.74, 6) is 0.868. The number of carbonyl (C=O) groups excluding carboxylic acids is 3. The summed E-state index contributed by atoms with van der Waals surface area (Å²) in [5, 5.41) is 6.63. The minimum atomic E-state index is -0.753. The number of rotatable bonds is 6. The van der Waals surface area contributed by atoms with Gasteiger partial charge in [-0.3, -0.25) is 25.2 Å². The second-order valence-corrected chi connectivity index (χ2v) is 13.0. The molecule has 0 radical (unpaired) electrons. The maximum absolute atomic E-state index is 14.2. The van der Waals surface area contributed by atoms with Crippen molar-refractivity contribution in [3.63, 3.8) is 0 Å². The van der Waals surface area contributed by atoms with Crippen molar-refractivity contribution in [1.82, 2.24) is 31.3 Å². The SMILES string of the molecule is O=C(CN1CN(c2ccccc2)C2(CCN(C(=O)C3CCC4NNCC4C3)CC2)C1=O)N[C@H]1CNC[C@@H]1c1ccccc1. The van der Waals surface area contributed by atoms with E-state index in [4.69, 9.17) is 0 Å².